The Labute approximate surface area is 77.4 Å². The van der Waals surface area contributed by atoms with Gasteiger partial charge in [-0.2, -0.15) is 0 Å². The zero-order valence-electron chi connectivity index (χ0n) is 7.04. The van der Waals surface area contributed by atoms with Crippen LogP contribution in [0.5, 0.6) is 5.75 Å². The van der Waals surface area contributed by atoms with Crippen LogP contribution in [0.1, 0.15) is 0 Å². The van der Waals surface area contributed by atoms with Gasteiger partial charge in [-0.25, -0.2) is 0 Å². The summed E-state index contributed by atoms with van der Waals surface area (Å²) in [7, 11) is 1.12. The molecule has 0 spiro atoms. The zero-order valence-corrected chi connectivity index (χ0v) is 7.04. The molecule has 0 fully saturated rings. The van der Waals surface area contributed by atoms with Crippen molar-refractivity contribution in [1.29, 1.82) is 0 Å². The van der Waals surface area contributed by atoms with Crippen molar-refractivity contribution in [2.75, 3.05) is 7.11 Å². The summed E-state index contributed by atoms with van der Waals surface area (Å²) >= 11 is 0. The summed E-state index contributed by atoms with van der Waals surface area (Å²) in [6, 6.07) is 0. The smallest absolute Gasteiger partial charge is 0.336 e. The second-order valence-electron chi connectivity index (χ2n) is 2.23. The predicted molar refractivity (Wildman–Crippen MR) is 44.1 cm³/mol. The predicted octanol–water partition coefficient (Wildman–Crippen LogP) is 0.907. The van der Waals surface area contributed by atoms with Gasteiger partial charge in [-0.15, -0.1) is 0 Å². The number of methoxy groups -OCH3 is 1. The van der Waals surface area contributed by atoms with Crippen LogP contribution < -0.4 is 4.74 Å². The van der Waals surface area contributed by atoms with Crippen LogP contribution in [0.25, 0.3) is 0 Å². The van der Waals surface area contributed by atoms with E-state index in [2.05, 4.69) is 9.72 Å². The van der Waals surface area contributed by atoms with Crippen LogP contribution in [0.3, 0.4) is 0 Å². The van der Waals surface area contributed by atoms with Crippen LogP contribution in [0.2, 0.25) is 0 Å². The Kier molecular flexibility index (Phi) is 2.56. The van der Waals surface area contributed by atoms with Crippen LogP contribution in [-0.2, 0) is 0 Å². The number of hydrogen-bond acceptors (Lipinski definition) is 6. The molecule has 8 nitrogen and oxygen atoms in total. The molecule has 0 aliphatic carbocycles. The fraction of sp³-hybridized carbons (Fsp3) is 0.167. The second kappa shape index (κ2) is 3.64. The summed E-state index contributed by atoms with van der Waals surface area (Å²) in [6.45, 7) is 0. The van der Waals surface area contributed by atoms with Crippen LogP contribution >= 0.6 is 0 Å². The molecule has 0 amide bonds. The van der Waals surface area contributed by atoms with Gasteiger partial charge in [0.05, 0.1) is 17.0 Å². The minimum atomic E-state index is -0.793. The van der Waals surface area contributed by atoms with Crippen molar-refractivity contribution in [1.82, 2.24) is 4.98 Å². The molecule has 0 aromatic carbocycles. The van der Waals surface area contributed by atoms with Gasteiger partial charge in [-0.05, 0) is 0 Å². The minimum Gasteiger partial charge on any atom is -0.485 e. The molecule has 0 aliphatic rings. The largest absolute Gasteiger partial charge is 0.485 e. The molecular formula is C6H5N3O5. The Balaban J connectivity index is 3.39. The lowest BCUT2D eigenvalue weighted by molar-refractivity contribution is -0.396. The van der Waals surface area contributed by atoms with Gasteiger partial charge in [-0.3, -0.25) is 25.2 Å². The number of rotatable bonds is 3. The first kappa shape index (κ1) is 9.84. The average molecular weight is 199 g/mol. The molecule has 0 saturated carbocycles. The van der Waals surface area contributed by atoms with Gasteiger partial charge in [0, 0.05) is 0 Å². The third-order valence-electron chi connectivity index (χ3n) is 1.46. The van der Waals surface area contributed by atoms with Gasteiger partial charge in [0.15, 0.2) is 0 Å². The van der Waals surface area contributed by atoms with Crippen molar-refractivity contribution in [2.24, 2.45) is 0 Å². The standard InChI is InChI=1S/C6H5N3O5/c1-14-6-4(8(10)11)2-7-3-5(6)9(12)13/h2-3H,1H3. The summed E-state index contributed by atoms with van der Waals surface area (Å²) < 4.78 is 4.58. The first-order valence-corrected chi connectivity index (χ1v) is 3.38. The van der Waals surface area contributed by atoms with E-state index in [1.807, 2.05) is 0 Å². The fourth-order valence-corrected chi connectivity index (χ4v) is 0.896. The first-order valence-electron chi connectivity index (χ1n) is 3.38. The van der Waals surface area contributed by atoms with Gasteiger partial charge in [0.1, 0.15) is 12.4 Å². The highest BCUT2D eigenvalue weighted by Crippen LogP contribution is 2.34. The molecular weight excluding hydrogens is 194 g/mol. The molecule has 1 rings (SSSR count). The zero-order chi connectivity index (χ0) is 10.7. The number of nitro groups is 2. The van der Waals surface area contributed by atoms with Crippen LogP contribution in [-0.4, -0.2) is 21.9 Å². The Morgan fingerprint density at radius 3 is 1.93 bits per heavy atom. The van der Waals surface area contributed by atoms with E-state index in [4.69, 9.17) is 0 Å². The van der Waals surface area contributed by atoms with Gasteiger partial charge in [0.2, 0.25) is 0 Å². The number of pyridine rings is 1. The van der Waals surface area contributed by atoms with E-state index in [0.717, 1.165) is 19.5 Å². The van der Waals surface area contributed by atoms with E-state index in [9.17, 15) is 20.2 Å². The second-order valence-corrected chi connectivity index (χ2v) is 2.23. The number of hydrogen-bond donors (Lipinski definition) is 0. The topological polar surface area (TPSA) is 108 Å². The molecule has 0 bridgehead atoms. The SMILES string of the molecule is COc1c([N+](=O)[O-])cncc1[N+](=O)[O-]. The summed E-state index contributed by atoms with van der Waals surface area (Å²) in [5.41, 5.74) is -1.05. The maximum Gasteiger partial charge on any atom is 0.336 e. The normalized spacial score (nSPS) is 9.50. The Morgan fingerprint density at radius 2 is 1.64 bits per heavy atom. The molecule has 0 N–H and O–H groups in total. The Morgan fingerprint density at radius 1 is 1.21 bits per heavy atom. The molecule has 74 valence electrons. The number of ether oxygens (including phenoxy) is 1. The molecule has 1 aromatic rings. The van der Waals surface area contributed by atoms with Crippen LogP contribution in [0.4, 0.5) is 11.4 Å². The van der Waals surface area contributed by atoms with Crippen molar-refractivity contribution in [2.45, 2.75) is 0 Å². The van der Waals surface area contributed by atoms with E-state index in [0.29, 0.717) is 0 Å². The third-order valence-corrected chi connectivity index (χ3v) is 1.46. The van der Waals surface area contributed by atoms with Crippen LogP contribution in [0, 0.1) is 20.2 Å². The highest BCUT2D eigenvalue weighted by Gasteiger charge is 2.26. The van der Waals surface area contributed by atoms with Crippen molar-refractivity contribution >= 4 is 11.4 Å². The van der Waals surface area contributed by atoms with E-state index in [-0.39, 0.29) is 0 Å². The lowest BCUT2D eigenvalue weighted by atomic mass is 10.3. The van der Waals surface area contributed by atoms with Crippen LogP contribution in [0.15, 0.2) is 12.4 Å². The van der Waals surface area contributed by atoms with Crippen molar-refractivity contribution < 1.29 is 14.6 Å². The van der Waals surface area contributed by atoms with Gasteiger partial charge >= 0.3 is 11.4 Å². The Hall–Kier alpha value is -2.25. The molecule has 0 aliphatic heterocycles. The minimum absolute atomic E-state index is 0.394. The van der Waals surface area contributed by atoms with E-state index >= 15 is 0 Å². The number of nitrogens with zero attached hydrogens (tertiary/aromatic N) is 3. The monoisotopic (exact) mass is 199 g/mol. The molecule has 0 saturated heterocycles. The van der Waals surface area contributed by atoms with E-state index in [1.165, 1.54) is 0 Å². The molecule has 0 radical (unpaired) electrons. The lowest BCUT2D eigenvalue weighted by Crippen LogP contribution is -1.99. The number of aromatic nitrogens is 1. The molecule has 1 aromatic heterocycles. The lowest BCUT2D eigenvalue weighted by Gasteiger charge is -2.00. The fourth-order valence-electron chi connectivity index (χ4n) is 0.896. The quantitative estimate of drug-likeness (QED) is 0.528. The third kappa shape index (κ3) is 1.58. The van der Waals surface area contributed by atoms with Crippen molar-refractivity contribution in [3.8, 4) is 5.75 Å². The maximum absolute atomic E-state index is 10.4. The van der Waals surface area contributed by atoms with Gasteiger partial charge < -0.3 is 4.74 Å². The van der Waals surface area contributed by atoms with Gasteiger partial charge in [0.25, 0.3) is 5.75 Å². The highest BCUT2D eigenvalue weighted by molar-refractivity contribution is 5.57. The van der Waals surface area contributed by atoms with Crippen molar-refractivity contribution in [3.63, 3.8) is 0 Å². The maximum atomic E-state index is 10.4. The average Bonchev–Trinajstić information content (AvgIpc) is 2.16. The molecule has 1 heterocycles. The van der Waals surface area contributed by atoms with E-state index in [1.54, 1.807) is 0 Å². The van der Waals surface area contributed by atoms with Gasteiger partial charge in [-0.1, -0.05) is 0 Å². The highest BCUT2D eigenvalue weighted by atomic mass is 16.6. The molecule has 8 heteroatoms. The Bertz CT molecular complexity index is 359. The summed E-state index contributed by atoms with van der Waals surface area (Å²) in [6.07, 6.45) is 1.79. The molecule has 14 heavy (non-hydrogen) atoms. The first-order chi connectivity index (χ1) is 6.57. The van der Waals surface area contributed by atoms with E-state index < -0.39 is 27.0 Å². The van der Waals surface area contributed by atoms with Crippen molar-refractivity contribution in [3.05, 3.63) is 32.6 Å². The molecule has 0 atom stereocenters. The summed E-state index contributed by atoms with van der Waals surface area (Å²) in [4.78, 5) is 22.6. The summed E-state index contributed by atoms with van der Waals surface area (Å²) in [5.74, 6) is -0.394. The summed E-state index contributed by atoms with van der Waals surface area (Å²) in [5, 5.41) is 20.8. The molecule has 0 unspecified atom stereocenters.